The summed E-state index contributed by atoms with van der Waals surface area (Å²) in [7, 11) is 0. The van der Waals surface area contributed by atoms with E-state index in [2.05, 4.69) is 15.3 Å². The van der Waals surface area contributed by atoms with Crippen LogP contribution in [0.5, 0.6) is 0 Å². The van der Waals surface area contributed by atoms with Gasteiger partial charge in [-0.15, -0.1) is 0 Å². The third kappa shape index (κ3) is 2.87. The van der Waals surface area contributed by atoms with E-state index >= 15 is 0 Å². The zero-order valence-corrected chi connectivity index (χ0v) is 11.4. The van der Waals surface area contributed by atoms with Gasteiger partial charge in [-0.2, -0.15) is 4.98 Å². The molecule has 4 N–H and O–H groups in total. The van der Waals surface area contributed by atoms with E-state index in [9.17, 15) is 4.79 Å². The molecule has 1 aliphatic heterocycles. The number of carbonyl (C=O) groups is 1. The molecule has 7 heteroatoms. The summed E-state index contributed by atoms with van der Waals surface area (Å²) in [6.45, 7) is 1.39. The Morgan fingerprint density at radius 1 is 1.48 bits per heavy atom. The number of hydrogen-bond acceptors (Lipinski definition) is 6. The summed E-state index contributed by atoms with van der Waals surface area (Å²) in [5.41, 5.74) is 6.50. The van der Waals surface area contributed by atoms with Gasteiger partial charge >= 0.3 is 5.97 Å². The van der Waals surface area contributed by atoms with Crippen molar-refractivity contribution in [2.45, 2.75) is 18.9 Å². The highest BCUT2D eigenvalue weighted by atomic mass is 16.5. The van der Waals surface area contributed by atoms with E-state index in [0.717, 1.165) is 19.4 Å². The van der Waals surface area contributed by atoms with Crippen LogP contribution in [0.1, 0.15) is 23.2 Å². The molecule has 0 saturated carbocycles. The molecule has 1 atom stereocenters. The largest absolute Gasteiger partial charge is 0.478 e. The van der Waals surface area contributed by atoms with Crippen molar-refractivity contribution in [3.05, 3.63) is 23.8 Å². The lowest BCUT2D eigenvalue weighted by molar-refractivity contribution is 0.0697. The van der Waals surface area contributed by atoms with E-state index in [-0.39, 0.29) is 17.6 Å². The number of nitrogens with two attached hydrogens (primary N) is 1. The van der Waals surface area contributed by atoms with Gasteiger partial charge in [0.25, 0.3) is 0 Å². The predicted octanol–water partition coefficient (Wildman–Crippen LogP) is 1.50. The first-order chi connectivity index (χ1) is 10.1. The molecular weight excluding hydrogens is 272 g/mol. The van der Waals surface area contributed by atoms with E-state index in [1.165, 1.54) is 6.07 Å². The van der Waals surface area contributed by atoms with E-state index in [1.54, 1.807) is 12.1 Å². The maximum absolute atomic E-state index is 11.1. The van der Waals surface area contributed by atoms with Gasteiger partial charge in [0.15, 0.2) is 0 Å². The van der Waals surface area contributed by atoms with Crippen LogP contribution in [0, 0.1) is 0 Å². The van der Waals surface area contributed by atoms with Gasteiger partial charge in [0.1, 0.15) is 5.82 Å². The van der Waals surface area contributed by atoms with E-state index in [0.29, 0.717) is 23.3 Å². The molecule has 110 valence electrons. The van der Waals surface area contributed by atoms with Crippen molar-refractivity contribution in [3.63, 3.8) is 0 Å². The van der Waals surface area contributed by atoms with E-state index in [1.807, 2.05) is 0 Å². The quantitative estimate of drug-likeness (QED) is 0.781. The van der Waals surface area contributed by atoms with Crippen molar-refractivity contribution in [1.82, 2.24) is 9.97 Å². The summed E-state index contributed by atoms with van der Waals surface area (Å²) in [5, 5.41) is 12.9. The topological polar surface area (TPSA) is 110 Å². The van der Waals surface area contributed by atoms with E-state index in [4.69, 9.17) is 15.6 Å². The van der Waals surface area contributed by atoms with Crippen LogP contribution in [0.4, 0.5) is 11.8 Å². The van der Waals surface area contributed by atoms with Crippen LogP contribution < -0.4 is 11.1 Å². The van der Waals surface area contributed by atoms with Crippen LogP contribution in [-0.4, -0.2) is 40.3 Å². The second-order valence-electron chi connectivity index (χ2n) is 4.98. The minimum Gasteiger partial charge on any atom is -0.478 e. The molecule has 1 aliphatic rings. The lowest BCUT2D eigenvalue weighted by Crippen LogP contribution is -2.19. The van der Waals surface area contributed by atoms with Crippen LogP contribution in [0.3, 0.4) is 0 Å². The van der Waals surface area contributed by atoms with Crippen molar-refractivity contribution in [3.8, 4) is 0 Å². The fourth-order valence-corrected chi connectivity index (χ4v) is 2.43. The lowest BCUT2D eigenvalue weighted by atomic mass is 10.1. The molecule has 1 fully saturated rings. The van der Waals surface area contributed by atoms with Gasteiger partial charge in [-0.1, -0.05) is 0 Å². The normalized spacial score (nSPS) is 18.0. The Morgan fingerprint density at radius 2 is 2.33 bits per heavy atom. The fourth-order valence-electron chi connectivity index (χ4n) is 2.43. The molecule has 2 heterocycles. The number of aromatic nitrogens is 2. The first kappa shape index (κ1) is 13.6. The number of rotatable bonds is 4. The van der Waals surface area contributed by atoms with Gasteiger partial charge in [0, 0.05) is 18.5 Å². The number of hydrogen-bond donors (Lipinski definition) is 3. The molecule has 0 amide bonds. The van der Waals surface area contributed by atoms with Gasteiger partial charge in [-0.3, -0.25) is 0 Å². The third-order valence-corrected chi connectivity index (χ3v) is 3.48. The highest BCUT2D eigenvalue weighted by Crippen LogP contribution is 2.23. The lowest BCUT2D eigenvalue weighted by Gasteiger charge is -2.13. The Kier molecular flexibility index (Phi) is 3.57. The molecule has 0 spiro atoms. The number of nitrogen functional groups attached to an aromatic ring is 1. The fraction of sp³-hybridized carbons (Fsp3) is 0.357. The number of nitrogens with zero attached hydrogens (tertiary/aromatic N) is 2. The smallest absolute Gasteiger partial charge is 0.335 e. The van der Waals surface area contributed by atoms with E-state index < -0.39 is 5.97 Å². The number of ether oxygens (including phenoxy) is 1. The van der Waals surface area contributed by atoms with Gasteiger partial charge in [0.2, 0.25) is 5.95 Å². The monoisotopic (exact) mass is 288 g/mol. The SMILES string of the molecule is Nc1nc(NC[C@H]2CCCO2)c2cc(C(=O)O)ccc2n1. The van der Waals surface area contributed by atoms with Crippen molar-refractivity contribution in [2.75, 3.05) is 24.2 Å². The molecule has 3 rings (SSSR count). The summed E-state index contributed by atoms with van der Waals surface area (Å²) in [6.07, 6.45) is 2.22. The van der Waals surface area contributed by atoms with Crippen molar-refractivity contribution in [1.29, 1.82) is 0 Å². The molecular formula is C14H16N4O3. The molecule has 0 aliphatic carbocycles. The molecule has 1 aromatic heterocycles. The molecule has 1 aromatic carbocycles. The number of carboxylic acid groups (broad SMARTS) is 1. The average Bonchev–Trinajstić information content (AvgIpc) is 2.97. The number of aromatic carboxylic acids is 1. The molecule has 1 saturated heterocycles. The van der Waals surface area contributed by atoms with Crippen molar-refractivity contribution < 1.29 is 14.6 Å². The zero-order valence-electron chi connectivity index (χ0n) is 11.4. The summed E-state index contributed by atoms with van der Waals surface area (Å²) in [6, 6.07) is 4.68. The molecule has 0 bridgehead atoms. The number of nitrogens with one attached hydrogen (secondary N) is 1. The molecule has 21 heavy (non-hydrogen) atoms. The number of fused-ring (bicyclic) bond motifs is 1. The molecule has 7 nitrogen and oxygen atoms in total. The summed E-state index contributed by atoms with van der Waals surface area (Å²) < 4.78 is 5.55. The Bertz CT molecular complexity index is 683. The van der Waals surface area contributed by atoms with Gasteiger partial charge in [-0.25, -0.2) is 9.78 Å². The summed E-state index contributed by atoms with van der Waals surface area (Å²) in [5.74, 6) is -0.296. The predicted molar refractivity (Wildman–Crippen MR) is 78.4 cm³/mol. The van der Waals surface area contributed by atoms with Crippen LogP contribution >= 0.6 is 0 Å². The highest BCUT2D eigenvalue weighted by molar-refractivity contribution is 5.97. The number of carboxylic acids is 1. The first-order valence-corrected chi connectivity index (χ1v) is 6.79. The highest BCUT2D eigenvalue weighted by Gasteiger charge is 2.16. The maximum Gasteiger partial charge on any atom is 0.335 e. The Morgan fingerprint density at radius 3 is 3.05 bits per heavy atom. The van der Waals surface area contributed by atoms with Crippen LogP contribution in [-0.2, 0) is 4.74 Å². The molecule has 2 aromatic rings. The van der Waals surface area contributed by atoms with Crippen molar-refractivity contribution >= 4 is 28.6 Å². The molecule has 0 radical (unpaired) electrons. The number of benzene rings is 1. The van der Waals surface area contributed by atoms with Crippen LogP contribution in [0.25, 0.3) is 10.9 Å². The Hall–Kier alpha value is -2.41. The standard InChI is InChI=1S/C14H16N4O3/c15-14-17-11-4-3-8(13(19)20)6-10(11)12(18-14)16-7-9-2-1-5-21-9/h3-4,6,9H,1-2,5,7H2,(H,19,20)(H3,15,16,17,18)/t9-/m1/s1. The zero-order chi connectivity index (χ0) is 14.8. The molecule has 0 unspecified atom stereocenters. The second kappa shape index (κ2) is 5.53. The first-order valence-electron chi connectivity index (χ1n) is 6.79. The Labute approximate surface area is 121 Å². The van der Waals surface area contributed by atoms with Gasteiger partial charge in [-0.05, 0) is 31.0 Å². The second-order valence-corrected chi connectivity index (χ2v) is 4.98. The van der Waals surface area contributed by atoms with Gasteiger partial charge < -0.3 is 20.9 Å². The van der Waals surface area contributed by atoms with Crippen molar-refractivity contribution in [2.24, 2.45) is 0 Å². The number of anilines is 2. The third-order valence-electron chi connectivity index (χ3n) is 3.48. The minimum atomic E-state index is -0.987. The summed E-state index contributed by atoms with van der Waals surface area (Å²) in [4.78, 5) is 19.4. The Balaban J connectivity index is 1.94. The van der Waals surface area contributed by atoms with Crippen LogP contribution in [0.2, 0.25) is 0 Å². The maximum atomic E-state index is 11.1. The van der Waals surface area contributed by atoms with Crippen LogP contribution in [0.15, 0.2) is 18.2 Å². The van der Waals surface area contributed by atoms with Gasteiger partial charge in [0.05, 0.1) is 17.2 Å². The minimum absolute atomic E-state index is 0.152. The summed E-state index contributed by atoms with van der Waals surface area (Å²) >= 11 is 0. The average molecular weight is 288 g/mol.